The molecule has 2 aromatic rings. The van der Waals surface area contributed by atoms with Crippen molar-refractivity contribution in [2.24, 2.45) is 0 Å². The van der Waals surface area contributed by atoms with Crippen LogP contribution in [0.25, 0.3) is 11.1 Å². The van der Waals surface area contributed by atoms with Gasteiger partial charge in [0, 0.05) is 15.8 Å². The van der Waals surface area contributed by atoms with Gasteiger partial charge in [0.05, 0.1) is 25.2 Å². The van der Waals surface area contributed by atoms with Gasteiger partial charge in [-0.3, -0.25) is 10.1 Å². The van der Waals surface area contributed by atoms with Crippen molar-refractivity contribution >= 4 is 35.1 Å². The van der Waals surface area contributed by atoms with E-state index in [1.165, 1.54) is 6.07 Å². The summed E-state index contributed by atoms with van der Waals surface area (Å²) in [6.45, 7) is 4.40. The summed E-state index contributed by atoms with van der Waals surface area (Å²) in [5.41, 5.74) is 1.12. The number of nitro groups is 1. The number of benzene rings is 2. The molecular weight excluding hydrogens is 393 g/mol. The zero-order chi connectivity index (χ0) is 17.7. The van der Waals surface area contributed by atoms with Gasteiger partial charge in [-0.05, 0) is 58.8 Å². The van der Waals surface area contributed by atoms with Crippen LogP contribution in [0.4, 0.5) is 5.69 Å². The van der Waals surface area contributed by atoms with Gasteiger partial charge in [0.2, 0.25) is 0 Å². The van der Waals surface area contributed by atoms with Crippen LogP contribution in [0.15, 0.2) is 40.9 Å². The first-order chi connectivity index (χ1) is 11.5. The fraction of sp³-hybridized carbons (Fsp3) is 0.294. The summed E-state index contributed by atoms with van der Waals surface area (Å²) in [6, 6.07) is 10.2. The zero-order valence-corrected chi connectivity index (χ0v) is 16.0. The van der Waals surface area contributed by atoms with Crippen LogP contribution in [0.5, 0.6) is 5.75 Å². The summed E-state index contributed by atoms with van der Waals surface area (Å²) in [5.74, 6) is 0.667. The molecular formula is C17H19BrNO4P. The number of rotatable bonds is 7. The molecule has 0 aliphatic rings. The van der Waals surface area contributed by atoms with Crippen LogP contribution < -0.4 is 10.0 Å². The van der Waals surface area contributed by atoms with Crippen molar-refractivity contribution in [1.29, 1.82) is 0 Å². The molecule has 0 saturated carbocycles. The second-order valence-electron chi connectivity index (χ2n) is 5.30. The summed E-state index contributed by atoms with van der Waals surface area (Å²) in [7, 11) is -1.44. The van der Waals surface area contributed by atoms with E-state index < -0.39 is 13.1 Å². The Hall–Kier alpha value is -1.49. The first-order valence-corrected chi connectivity index (χ1v) is 10.1. The molecule has 0 heterocycles. The van der Waals surface area contributed by atoms with Crippen LogP contribution >= 0.6 is 24.1 Å². The molecule has 0 fully saturated rings. The molecule has 0 aliphatic heterocycles. The lowest BCUT2D eigenvalue weighted by Gasteiger charge is -2.15. The van der Waals surface area contributed by atoms with Gasteiger partial charge < -0.3 is 9.63 Å². The first-order valence-electron chi connectivity index (χ1n) is 7.58. The lowest BCUT2D eigenvalue weighted by atomic mass is 10.0. The van der Waals surface area contributed by atoms with Crippen LogP contribution in [0.3, 0.4) is 0 Å². The maximum Gasteiger partial charge on any atom is 0.278 e. The van der Waals surface area contributed by atoms with E-state index in [-0.39, 0.29) is 5.69 Å². The first kappa shape index (κ1) is 18.8. The molecule has 1 unspecified atom stereocenters. The molecule has 1 N–H and O–H groups in total. The molecule has 7 heteroatoms. The lowest BCUT2D eigenvalue weighted by Crippen LogP contribution is -2.08. The standard InChI is InChI=1S/C17H19BrNO4P/c1-3-4-10-23-12-8-9-13(16(11-12)24(2)22)17-14(18)6-5-7-15(17)19(20)21/h5-9,11,22H,3-4,10H2,1-2H3. The van der Waals surface area contributed by atoms with E-state index in [0.717, 1.165) is 12.8 Å². The molecule has 128 valence electrons. The highest BCUT2D eigenvalue weighted by Crippen LogP contribution is 2.40. The number of hydrogen-bond acceptors (Lipinski definition) is 4. The molecule has 0 bridgehead atoms. The molecule has 2 aromatic carbocycles. The second-order valence-corrected chi connectivity index (χ2v) is 7.68. The zero-order valence-electron chi connectivity index (χ0n) is 13.5. The Bertz CT molecular complexity index is 737. The third-order valence-electron chi connectivity index (χ3n) is 3.54. The van der Waals surface area contributed by atoms with E-state index in [1.54, 1.807) is 37.0 Å². The van der Waals surface area contributed by atoms with Gasteiger partial charge in [0.1, 0.15) is 5.75 Å². The van der Waals surface area contributed by atoms with Gasteiger partial charge >= 0.3 is 0 Å². The number of hydrogen-bond donors (Lipinski definition) is 1. The van der Waals surface area contributed by atoms with Gasteiger partial charge in [-0.1, -0.05) is 19.4 Å². The average Bonchev–Trinajstić information content (AvgIpc) is 2.55. The highest BCUT2D eigenvalue weighted by Gasteiger charge is 2.22. The van der Waals surface area contributed by atoms with Gasteiger partial charge in [0.25, 0.3) is 5.69 Å². The van der Waals surface area contributed by atoms with Gasteiger partial charge in [-0.25, -0.2) is 0 Å². The summed E-state index contributed by atoms with van der Waals surface area (Å²) in [6.07, 6.45) is 1.99. The number of halogens is 1. The Kier molecular flexibility index (Phi) is 6.72. The monoisotopic (exact) mass is 411 g/mol. The topological polar surface area (TPSA) is 72.6 Å². The third kappa shape index (κ3) is 4.32. The average molecular weight is 412 g/mol. The van der Waals surface area contributed by atoms with Gasteiger partial charge in [-0.2, -0.15) is 0 Å². The molecule has 2 rings (SSSR count). The molecule has 24 heavy (non-hydrogen) atoms. The van der Waals surface area contributed by atoms with Gasteiger partial charge in [0.15, 0.2) is 0 Å². The maximum atomic E-state index is 11.4. The summed E-state index contributed by atoms with van der Waals surface area (Å²) in [4.78, 5) is 21.2. The molecule has 0 saturated heterocycles. The molecule has 5 nitrogen and oxygen atoms in total. The van der Waals surface area contributed by atoms with Crippen molar-refractivity contribution in [3.8, 4) is 16.9 Å². The van der Waals surface area contributed by atoms with E-state index >= 15 is 0 Å². The molecule has 0 amide bonds. The minimum Gasteiger partial charge on any atom is -0.494 e. The minimum absolute atomic E-state index is 0.00197. The fourth-order valence-electron chi connectivity index (χ4n) is 2.35. The largest absolute Gasteiger partial charge is 0.494 e. The quantitative estimate of drug-likeness (QED) is 0.306. The highest BCUT2D eigenvalue weighted by atomic mass is 79.9. The Morgan fingerprint density at radius 2 is 2.08 bits per heavy atom. The predicted octanol–water partition coefficient (Wildman–Crippen LogP) is 4.85. The number of unbranched alkanes of at least 4 members (excludes halogenated alkanes) is 1. The fourth-order valence-corrected chi connectivity index (χ4v) is 3.76. The van der Waals surface area contributed by atoms with Crippen LogP contribution in [0, 0.1) is 10.1 Å². The molecule has 0 aliphatic carbocycles. The van der Waals surface area contributed by atoms with E-state index in [2.05, 4.69) is 22.9 Å². The SMILES string of the molecule is CCCCOc1ccc(-c2c(Br)cccc2[N+](=O)[O-])c(P(C)O)c1. The Labute approximate surface area is 150 Å². The number of nitro benzene ring substituents is 1. The third-order valence-corrected chi connectivity index (χ3v) is 5.27. The molecule has 0 spiro atoms. The lowest BCUT2D eigenvalue weighted by molar-refractivity contribution is -0.384. The van der Waals surface area contributed by atoms with E-state index in [1.807, 2.05) is 0 Å². The maximum absolute atomic E-state index is 11.4. The molecule has 0 radical (unpaired) electrons. The van der Waals surface area contributed by atoms with E-state index in [4.69, 9.17) is 4.74 Å². The van der Waals surface area contributed by atoms with Crippen molar-refractivity contribution in [3.63, 3.8) is 0 Å². The molecule has 0 aromatic heterocycles. The van der Waals surface area contributed by atoms with Crippen LogP contribution in [-0.2, 0) is 0 Å². The van der Waals surface area contributed by atoms with Crippen molar-refractivity contribution in [3.05, 3.63) is 51.0 Å². The van der Waals surface area contributed by atoms with Crippen LogP contribution in [0.2, 0.25) is 0 Å². The summed E-state index contributed by atoms with van der Waals surface area (Å²) in [5, 5.41) is 12.0. The Balaban J connectivity index is 2.53. The summed E-state index contributed by atoms with van der Waals surface area (Å²) < 4.78 is 6.31. The number of nitrogens with zero attached hydrogens (tertiary/aromatic N) is 1. The highest BCUT2D eigenvalue weighted by molar-refractivity contribution is 9.10. The van der Waals surface area contributed by atoms with Crippen LogP contribution in [0.1, 0.15) is 19.8 Å². The second kappa shape index (κ2) is 8.56. The normalized spacial score (nSPS) is 12.0. The van der Waals surface area contributed by atoms with Crippen LogP contribution in [-0.4, -0.2) is 23.1 Å². The van der Waals surface area contributed by atoms with Gasteiger partial charge in [-0.15, -0.1) is 0 Å². The summed E-state index contributed by atoms with van der Waals surface area (Å²) >= 11 is 3.40. The number of ether oxygens (including phenoxy) is 1. The van der Waals surface area contributed by atoms with E-state index in [9.17, 15) is 15.0 Å². The van der Waals surface area contributed by atoms with Crippen molar-refractivity contribution < 1.29 is 14.6 Å². The Morgan fingerprint density at radius 1 is 1.33 bits per heavy atom. The minimum atomic E-state index is -1.44. The predicted molar refractivity (Wildman–Crippen MR) is 101 cm³/mol. The van der Waals surface area contributed by atoms with Crippen molar-refractivity contribution in [2.45, 2.75) is 19.8 Å². The van der Waals surface area contributed by atoms with Crippen molar-refractivity contribution in [2.75, 3.05) is 13.3 Å². The van der Waals surface area contributed by atoms with Crippen molar-refractivity contribution in [1.82, 2.24) is 0 Å². The smallest absolute Gasteiger partial charge is 0.278 e. The molecule has 1 atom stereocenters. The van der Waals surface area contributed by atoms with E-state index in [0.29, 0.717) is 33.3 Å². The Morgan fingerprint density at radius 3 is 2.71 bits per heavy atom.